The maximum atomic E-state index is 11.8. The van der Waals surface area contributed by atoms with Crippen LogP contribution in [0, 0.1) is 5.92 Å². The van der Waals surface area contributed by atoms with Gasteiger partial charge in [0.1, 0.15) is 0 Å². The minimum atomic E-state index is 0.0165. The summed E-state index contributed by atoms with van der Waals surface area (Å²) in [4.78, 5) is 12.6. The number of carbonyl (C=O) groups is 1. The molecule has 0 radical (unpaired) electrons. The van der Waals surface area contributed by atoms with E-state index in [9.17, 15) is 4.79 Å². The second kappa shape index (κ2) is 4.27. The third-order valence-electron chi connectivity index (χ3n) is 2.82. The van der Waals surface area contributed by atoms with Gasteiger partial charge in [0.2, 0.25) is 0 Å². The van der Waals surface area contributed by atoms with E-state index in [1.54, 1.807) is 6.07 Å². The van der Waals surface area contributed by atoms with Crippen molar-refractivity contribution < 1.29 is 4.79 Å². The molecular formula is C12H15NOS. The second-order valence-corrected chi connectivity index (χ2v) is 4.81. The Morgan fingerprint density at radius 2 is 2.20 bits per heavy atom. The summed E-state index contributed by atoms with van der Waals surface area (Å²) in [6, 6.07) is 7.69. The van der Waals surface area contributed by atoms with Gasteiger partial charge in [0.15, 0.2) is 0 Å². The summed E-state index contributed by atoms with van der Waals surface area (Å²) >= 11 is 4.21. The van der Waals surface area contributed by atoms with Crippen molar-refractivity contribution in [2.24, 2.45) is 5.92 Å². The standard InChI is InChI=1S/C12H15NOS/c1-8-5-10(6-8)13-12(14)9-3-2-4-11(15)7-9/h2-4,7-8,10,15H,5-6H2,1H3,(H,13,14). The Balaban J connectivity index is 1.96. The first kappa shape index (κ1) is 10.6. The quantitative estimate of drug-likeness (QED) is 0.738. The highest BCUT2D eigenvalue weighted by Crippen LogP contribution is 2.26. The highest BCUT2D eigenvalue weighted by Gasteiger charge is 2.26. The zero-order valence-electron chi connectivity index (χ0n) is 8.73. The van der Waals surface area contributed by atoms with Crippen molar-refractivity contribution in [3.63, 3.8) is 0 Å². The normalized spacial score (nSPS) is 24.4. The molecule has 0 spiro atoms. The summed E-state index contributed by atoms with van der Waals surface area (Å²) in [6.45, 7) is 2.21. The Morgan fingerprint density at radius 3 is 2.80 bits per heavy atom. The van der Waals surface area contributed by atoms with Gasteiger partial charge in [-0.1, -0.05) is 13.0 Å². The van der Waals surface area contributed by atoms with Gasteiger partial charge in [-0.3, -0.25) is 4.79 Å². The summed E-state index contributed by atoms with van der Waals surface area (Å²) in [5.41, 5.74) is 0.696. The van der Waals surface area contributed by atoms with E-state index in [-0.39, 0.29) is 5.91 Å². The van der Waals surface area contributed by atoms with Gasteiger partial charge in [-0.15, -0.1) is 12.6 Å². The van der Waals surface area contributed by atoms with Gasteiger partial charge < -0.3 is 5.32 Å². The van der Waals surface area contributed by atoms with Crippen LogP contribution in [0.1, 0.15) is 30.1 Å². The minimum Gasteiger partial charge on any atom is -0.349 e. The minimum absolute atomic E-state index is 0.0165. The van der Waals surface area contributed by atoms with Crippen LogP contribution in [-0.2, 0) is 0 Å². The average Bonchev–Trinajstić information content (AvgIpc) is 2.15. The lowest BCUT2D eigenvalue weighted by molar-refractivity contribution is 0.0896. The molecule has 3 heteroatoms. The molecule has 0 heterocycles. The summed E-state index contributed by atoms with van der Waals surface area (Å²) in [5, 5.41) is 3.02. The predicted octanol–water partition coefficient (Wildman–Crippen LogP) is 2.50. The molecule has 1 aromatic carbocycles. The maximum absolute atomic E-state index is 11.8. The van der Waals surface area contributed by atoms with E-state index in [2.05, 4.69) is 24.9 Å². The number of nitrogens with one attached hydrogen (secondary N) is 1. The third-order valence-corrected chi connectivity index (χ3v) is 3.10. The van der Waals surface area contributed by atoms with Gasteiger partial charge in [0.05, 0.1) is 0 Å². The van der Waals surface area contributed by atoms with Crippen molar-refractivity contribution in [2.75, 3.05) is 0 Å². The van der Waals surface area contributed by atoms with E-state index in [0.717, 1.165) is 23.7 Å². The Kier molecular flexibility index (Phi) is 3.00. The summed E-state index contributed by atoms with van der Waals surface area (Å²) in [5.74, 6) is 0.773. The number of thiol groups is 1. The van der Waals surface area contributed by atoms with E-state index < -0.39 is 0 Å². The predicted molar refractivity (Wildman–Crippen MR) is 63.3 cm³/mol. The summed E-state index contributed by atoms with van der Waals surface area (Å²) < 4.78 is 0. The van der Waals surface area contributed by atoms with E-state index in [1.165, 1.54) is 0 Å². The van der Waals surface area contributed by atoms with Crippen molar-refractivity contribution in [3.8, 4) is 0 Å². The molecular weight excluding hydrogens is 206 g/mol. The van der Waals surface area contributed by atoms with Crippen molar-refractivity contribution in [2.45, 2.75) is 30.7 Å². The number of rotatable bonds is 2. The van der Waals surface area contributed by atoms with E-state index in [0.29, 0.717) is 11.6 Å². The largest absolute Gasteiger partial charge is 0.349 e. The topological polar surface area (TPSA) is 29.1 Å². The molecule has 80 valence electrons. The SMILES string of the molecule is CC1CC(NC(=O)c2cccc(S)c2)C1. The highest BCUT2D eigenvalue weighted by atomic mass is 32.1. The number of carbonyl (C=O) groups excluding carboxylic acids is 1. The Morgan fingerprint density at radius 1 is 1.47 bits per heavy atom. The number of hydrogen-bond acceptors (Lipinski definition) is 2. The molecule has 1 aliphatic rings. The Labute approximate surface area is 95.5 Å². The lowest BCUT2D eigenvalue weighted by Gasteiger charge is -2.33. The van der Waals surface area contributed by atoms with E-state index in [4.69, 9.17) is 0 Å². The van der Waals surface area contributed by atoms with Gasteiger partial charge >= 0.3 is 0 Å². The van der Waals surface area contributed by atoms with Gasteiger partial charge in [-0.2, -0.15) is 0 Å². The fraction of sp³-hybridized carbons (Fsp3) is 0.417. The fourth-order valence-corrected chi connectivity index (χ4v) is 2.16. The maximum Gasteiger partial charge on any atom is 0.251 e. The van der Waals surface area contributed by atoms with Crippen molar-refractivity contribution in [3.05, 3.63) is 29.8 Å². The lowest BCUT2D eigenvalue weighted by atomic mass is 9.82. The first-order valence-electron chi connectivity index (χ1n) is 5.25. The summed E-state index contributed by atoms with van der Waals surface area (Å²) in [6.07, 6.45) is 2.21. The van der Waals surface area contributed by atoms with Crippen LogP contribution in [0.3, 0.4) is 0 Å². The smallest absolute Gasteiger partial charge is 0.251 e. The number of hydrogen-bond donors (Lipinski definition) is 2. The van der Waals surface area contributed by atoms with Crippen LogP contribution in [0.25, 0.3) is 0 Å². The Bertz CT molecular complexity index is 372. The van der Waals surface area contributed by atoms with Gasteiger partial charge in [0, 0.05) is 16.5 Å². The van der Waals surface area contributed by atoms with Crippen molar-refractivity contribution in [1.82, 2.24) is 5.32 Å². The van der Waals surface area contributed by atoms with E-state index in [1.807, 2.05) is 18.2 Å². The second-order valence-electron chi connectivity index (χ2n) is 4.30. The van der Waals surface area contributed by atoms with Crippen LogP contribution in [0.4, 0.5) is 0 Å². The van der Waals surface area contributed by atoms with Crippen LogP contribution < -0.4 is 5.32 Å². The van der Waals surface area contributed by atoms with Crippen molar-refractivity contribution in [1.29, 1.82) is 0 Å². The first-order valence-corrected chi connectivity index (χ1v) is 5.70. The van der Waals surface area contributed by atoms with Crippen molar-refractivity contribution >= 4 is 18.5 Å². The zero-order chi connectivity index (χ0) is 10.8. The summed E-state index contributed by atoms with van der Waals surface area (Å²) in [7, 11) is 0. The van der Waals surface area contributed by atoms with Crippen LogP contribution in [-0.4, -0.2) is 11.9 Å². The van der Waals surface area contributed by atoms with Gasteiger partial charge in [0.25, 0.3) is 5.91 Å². The van der Waals surface area contributed by atoms with E-state index >= 15 is 0 Å². The molecule has 0 aliphatic heterocycles. The van der Waals surface area contributed by atoms with Gasteiger partial charge in [-0.25, -0.2) is 0 Å². The molecule has 1 amide bonds. The average molecular weight is 221 g/mol. The monoisotopic (exact) mass is 221 g/mol. The van der Waals surface area contributed by atoms with Gasteiger partial charge in [-0.05, 0) is 37.0 Å². The molecule has 0 unspecified atom stereocenters. The Hall–Kier alpha value is -0.960. The van der Waals surface area contributed by atoms with Crippen LogP contribution in [0.2, 0.25) is 0 Å². The molecule has 0 aromatic heterocycles. The molecule has 1 N–H and O–H groups in total. The highest BCUT2D eigenvalue weighted by molar-refractivity contribution is 7.80. The van der Waals surface area contributed by atoms with Crippen LogP contribution in [0.5, 0.6) is 0 Å². The molecule has 1 saturated carbocycles. The number of benzene rings is 1. The first-order chi connectivity index (χ1) is 7.15. The molecule has 0 bridgehead atoms. The molecule has 1 aromatic rings. The molecule has 15 heavy (non-hydrogen) atoms. The molecule has 1 fully saturated rings. The molecule has 1 aliphatic carbocycles. The molecule has 2 nitrogen and oxygen atoms in total. The zero-order valence-corrected chi connectivity index (χ0v) is 9.63. The van der Waals surface area contributed by atoms with Crippen LogP contribution in [0.15, 0.2) is 29.2 Å². The lowest BCUT2D eigenvalue weighted by Crippen LogP contribution is -2.43. The fourth-order valence-electron chi connectivity index (χ4n) is 1.94. The third kappa shape index (κ3) is 2.53. The molecule has 2 rings (SSSR count). The van der Waals surface area contributed by atoms with Crippen LogP contribution >= 0.6 is 12.6 Å². The molecule has 0 saturated heterocycles. The number of amides is 1. The molecule has 0 atom stereocenters.